The van der Waals surface area contributed by atoms with Crippen LogP contribution in [0.2, 0.25) is 0 Å². The molecule has 1 nitrogen and oxygen atoms in total. The number of fused-ring (bicyclic) bond motifs is 2. The van der Waals surface area contributed by atoms with E-state index in [-0.39, 0.29) is 0 Å². The van der Waals surface area contributed by atoms with Crippen molar-refractivity contribution in [1.82, 2.24) is 5.32 Å². The molecule has 72 valence electrons. The van der Waals surface area contributed by atoms with Gasteiger partial charge in [0, 0.05) is 18.5 Å². The van der Waals surface area contributed by atoms with Crippen molar-refractivity contribution in [1.29, 1.82) is 0 Å². The molecule has 3 aliphatic rings. The highest BCUT2D eigenvalue weighted by Gasteiger charge is 2.27. The monoisotopic (exact) mass is 185 g/mol. The van der Waals surface area contributed by atoms with Crippen LogP contribution in [0.25, 0.3) is 0 Å². The van der Waals surface area contributed by atoms with Gasteiger partial charge in [-0.25, -0.2) is 0 Å². The summed E-state index contributed by atoms with van der Waals surface area (Å²) in [6.45, 7) is 1.11. The zero-order valence-corrected chi connectivity index (χ0v) is 8.24. The number of hydrogen-bond donors (Lipinski definition) is 1. The molecule has 1 aliphatic heterocycles. The maximum absolute atomic E-state index is 3.63. The van der Waals surface area contributed by atoms with Gasteiger partial charge in [-0.3, -0.25) is 0 Å². The highest BCUT2D eigenvalue weighted by atomic mass is 14.9. The van der Waals surface area contributed by atoms with E-state index in [1.807, 2.05) is 0 Å². The molecular weight excluding hydrogens is 170 g/mol. The Bertz CT molecular complexity index is 357. The van der Waals surface area contributed by atoms with Crippen LogP contribution < -0.4 is 5.32 Å². The third-order valence-electron chi connectivity index (χ3n) is 3.38. The summed E-state index contributed by atoms with van der Waals surface area (Å²) >= 11 is 0. The largest absolute Gasteiger partial charge is 0.309 e. The van der Waals surface area contributed by atoms with Gasteiger partial charge in [-0.15, -0.1) is 0 Å². The Balaban J connectivity index is 2.04. The molecule has 0 saturated heterocycles. The van der Waals surface area contributed by atoms with Crippen molar-refractivity contribution in [3.05, 3.63) is 47.6 Å². The van der Waals surface area contributed by atoms with Crippen LogP contribution in [-0.2, 0) is 0 Å². The van der Waals surface area contributed by atoms with E-state index in [4.69, 9.17) is 0 Å². The maximum atomic E-state index is 3.63. The Morgan fingerprint density at radius 3 is 3.21 bits per heavy atom. The maximum Gasteiger partial charge on any atom is 0.0323 e. The molecule has 1 N–H and O–H groups in total. The fraction of sp³-hybridized carbons (Fsp3) is 0.385. The van der Waals surface area contributed by atoms with Gasteiger partial charge in [-0.05, 0) is 24.0 Å². The SMILES string of the molecule is C1=CC2=C3CC=CCC3NCC2C=C1. The fourth-order valence-electron chi connectivity index (χ4n) is 2.63. The van der Waals surface area contributed by atoms with E-state index in [0.717, 1.165) is 13.0 Å². The van der Waals surface area contributed by atoms with Crippen molar-refractivity contribution in [2.45, 2.75) is 18.9 Å². The first-order valence-electron chi connectivity index (χ1n) is 5.41. The standard InChI is InChI=1S/C13H15N/c1-2-6-11-10(5-1)9-14-13-8-4-3-7-12(11)13/h1-6,10,13-14H,7-9H2. The first-order valence-corrected chi connectivity index (χ1v) is 5.41. The van der Waals surface area contributed by atoms with Crippen molar-refractivity contribution in [3.8, 4) is 0 Å². The lowest BCUT2D eigenvalue weighted by Gasteiger charge is -2.35. The molecule has 1 heteroatoms. The van der Waals surface area contributed by atoms with Crippen molar-refractivity contribution < 1.29 is 0 Å². The van der Waals surface area contributed by atoms with Crippen LogP contribution in [-0.4, -0.2) is 12.6 Å². The molecule has 14 heavy (non-hydrogen) atoms. The molecule has 0 fully saturated rings. The topological polar surface area (TPSA) is 12.0 Å². The van der Waals surface area contributed by atoms with Crippen LogP contribution in [0.3, 0.4) is 0 Å². The Kier molecular flexibility index (Phi) is 1.91. The lowest BCUT2D eigenvalue weighted by molar-refractivity contribution is 0.483. The Hall–Kier alpha value is -1.08. The molecule has 0 aromatic carbocycles. The molecule has 3 rings (SSSR count). The van der Waals surface area contributed by atoms with Crippen LogP contribution in [0.1, 0.15) is 12.8 Å². The number of hydrogen-bond acceptors (Lipinski definition) is 1. The van der Waals surface area contributed by atoms with Crippen LogP contribution in [0, 0.1) is 5.92 Å². The molecule has 0 bridgehead atoms. The summed E-state index contributed by atoms with van der Waals surface area (Å²) in [5.74, 6) is 0.623. The molecule has 0 aromatic rings. The minimum absolute atomic E-state index is 0.613. The molecule has 0 aromatic heterocycles. The molecule has 2 atom stereocenters. The second-order valence-electron chi connectivity index (χ2n) is 4.20. The molecule has 2 unspecified atom stereocenters. The van der Waals surface area contributed by atoms with E-state index >= 15 is 0 Å². The second kappa shape index (κ2) is 3.25. The summed E-state index contributed by atoms with van der Waals surface area (Å²) in [6.07, 6.45) is 15.8. The molecule has 2 aliphatic carbocycles. The Morgan fingerprint density at radius 1 is 1.21 bits per heavy atom. The third-order valence-corrected chi connectivity index (χ3v) is 3.38. The second-order valence-corrected chi connectivity index (χ2v) is 4.20. The fourth-order valence-corrected chi connectivity index (χ4v) is 2.63. The zero-order valence-electron chi connectivity index (χ0n) is 8.24. The Labute approximate surface area is 84.9 Å². The highest BCUT2D eigenvalue weighted by molar-refractivity contribution is 5.43. The van der Waals surface area contributed by atoms with E-state index in [0.29, 0.717) is 12.0 Å². The summed E-state index contributed by atoms with van der Waals surface area (Å²) in [5, 5.41) is 3.63. The molecular formula is C13H15N. The molecule has 0 saturated carbocycles. The van der Waals surface area contributed by atoms with Gasteiger partial charge in [-0.1, -0.05) is 36.5 Å². The van der Waals surface area contributed by atoms with Gasteiger partial charge in [0.15, 0.2) is 0 Å². The van der Waals surface area contributed by atoms with Crippen LogP contribution >= 0.6 is 0 Å². The molecule has 0 radical (unpaired) electrons. The summed E-state index contributed by atoms with van der Waals surface area (Å²) in [4.78, 5) is 0. The van der Waals surface area contributed by atoms with E-state index in [1.165, 1.54) is 6.42 Å². The van der Waals surface area contributed by atoms with Crippen LogP contribution in [0.4, 0.5) is 0 Å². The summed E-state index contributed by atoms with van der Waals surface area (Å²) in [7, 11) is 0. The number of nitrogens with one attached hydrogen (secondary N) is 1. The number of rotatable bonds is 0. The van der Waals surface area contributed by atoms with Gasteiger partial charge in [0.1, 0.15) is 0 Å². The Morgan fingerprint density at radius 2 is 2.21 bits per heavy atom. The minimum Gasteiger partial charge on any atom is -0.309 e. The quantitative estimate of drug-likeness (QED) is 0.571. The normalized spacial score (nSPS) is 34.3. The summed E-state index contributed by atoms with van der Waals surface area (Å²) in [6, 6.07) is 0.613. The van der Waals surface area contributed by atoms with E-state index in [1.54, 1.807) is 11.1 Å². The summed E-state index contributed by atoms with van der Waals surface area (Å²) < 4.78 is 0. The molecule has 1 heterocycles. The first-order chi connectivity index (χ1) is 6.95. The van der Waals surface area contributed by atoms with Gasteiger partial charge in [0.25, 0.3) is 0 Å². The average Bonchev–Trinajstić information content (AvgIpc) is 2.29. The van der Waals surface area contributed by atoms with Gasteiger partial charge >= 0.3 is 0 Å². The van der Waals surface area contributed by atoms with Gasteiger partial charge in [0.2, 0.25) is 0 Å². The van der Waals surface area contributed by atoms with Crippen molar-refractivity contribution >= 4 is 0 Å². The first kappa shape index (κ1) is 8.25. The molecule has 0 amide bonds. The number of allylic oxidation sites excluding steroid dienone is 4. The van der Waals surface area contributed by atoms with Gasteiger partial charge < -0.3 is 5.32 Å². The van der Waals surface area contributed by atoms with Crippen molar-refractivity contribution in [2.24, 2.45) is 5.92 Å². The summed E-state index contributed by atoms with van der Waals surface area (Å²) in [5.41, 5.74) is 3.19. The minimum atomic E-state index is 0.613. The van der Waals surface area contributed by atoms with Crippen LogP contribution in [0.5, 0.6) is 0 Å². The highest BCUT2D eigenvalue weighted by Crippen LogP contribution is 2.32. The predicted octanol–water partition coefficient (Wildman–Crippen LogP) is 2.35. The molecule has 0 spiro atoms. The van der Waals surface area contributed by atoms with Gasteiger partial charge in [-0.2, -0.15) is 0 Å². The predicted molar refractivity (Wildman–Crippen MR) is 59.0 cm³/mol. The lowest BCUT2D eigenvalue weighted by Crippen LogP contribution is -2.41. The van der Waals surface area contributed by atoms with E-state index in [9.17, 15) is 0 Å². The average molecular weight is 185 g/mol. The zero-order chi connectivity index (χ0) is 9.38. The van der Waals surface area contributed by atoms with Crippen LogP contribution in [0.15, 0.2) is 47.6 Å². The van der Waals surface area contributed by atoms with E-state index in [2.05, 4.69) is 41.8 Å². The van der Waals surface area contributed by atoms with Gasteiger partial charge in [0.05, 0.1) is 0 Å². The van der Waals surface area contributed by atoms with E-state index < -0.39 is 0 Å². The van der Waals surface area contributed by atoms with Crippen molar-refractivity contribution in [3.63, 3.8) is 0 Å². The lowest BCUT2D eigenvalue weighted by atomic mass is 9.80. The van der Waals surface area contributed by atoms with Crippen molar-refractivity contribution in [2.75, 3.05) is 6.54 Å². The third kappa shape index (κ3) is 1.20. The smallest absolute Gasteiger partial charge is 0.0323 e.